The fourth-order valence-electron chi connectivity index (χ4n) is 2.18. The molecule has 0 aliphatic carbocycles. The van der Waals surface area contributed by atoms with E-state index < -0.39 is 23.1 Å². The minimum absolute atomic E-state index is 0.315. The smallest absolute Gasteiger partial charge is 0.416 e. The first kappa shape index (κ1) is 14.4. The fourth-order valence-corrected chi connectivity index (χ4v) is 2.18. The monoisotopic (exact) mass is 285 g/mol. The third-order valence-corrected chi connectivity index (χ3v) is 3.52. The van der Waals surface area contributed by atoms with Gasteiger partial charge in [-0.2, -0.15) is 13.2 Å². The lowest BCUT2D eigenvalue weighted by molar-refractivity contribution is -0.142. The predicted molar refractivity (Wildman–Crippen MR) is 68.6 cm³/mol. The number of alkyl halides is 3. The minimum atomic E-state index is -4.45. The topological polar surface area (TPSA) is 42.2 Å². The van der Waals surface area contributed by atoms with E-state index in [0.717, 1.165) is 12.1 Å². The van der Waals surface area contributed by atoms with Crippen LogP contribution in [0.1, 0.15) is 25.0 Å². The molecule has 0 saturated carbocycles. The van der Waals surface area contributed by atoms with E-state index in [9.17, 15) is 23.1 Å². The largest absolute Gasteiger partial charge is 0.481 e. The molecule has 2 rings (SSSR count). The van der Waals surface area contributed by atoms with E-state index >= 15 is 0 Å². The summed E-state index contributed by atoms with van der Waals surface area (Å²) in [6.07, 6.45) is -2.88. The molecule has 0 spiro atoms. The summed E-state index contributed by atoms with van der Waals surface area (Å²) in [6, 6.07) is 3.37. The number of carboxylic acids is 1. The Labute approximate surface area is 113 Å². The standard InChI is InChI=1S/C14H14F3NO2/c1-13(2,12(19)20)10-7-18(3)11-5-4-8(6-9(10)11)14(15,16)17/h4-7H,1-3H3,(H,19,20). The Balaban J connectivity index is 2.77. The zero-order chi connectivity index (χ0) is 15.3. The number of aromatic nitrogens is 1. The van der Waals surface area contributed by atoms with Crippen LogP contribution >= 0.6 is 0 Å². The second-order valence-corrected chi connectivity index (χ2v) is 5.31. The van der Waals surface area contributed by atoms with Gasteiger partial charge in [-0.05, 0) is 37.6 Å². The predicted octanol–water partition coefficient (Wildman–Crippen LogP) is 3.56. The SMILES string of the molecule is Cn1cc(C(C)(C)C(=O)O)c2cc(C(F)(F)F)ccc21. The van der Waals surface area contributed by atoms with Gasteiger partial charge in [-0.1, -0.05) is 0 Å². The van der Waals surface area contributed by atoms with Crippen molar-refractivity contribution < 1.29 is 23.1 Å². The maximum absolute atomic E-state index is 12.8. The summed E-state index contributed by atoms with van der Waals surface area (Å²) in [7, 11) is 1.68. The Morgan fingerprint density at radius 2 is 1.85 bits per heavy atom. The first-order valence-electron chi connectivity index (χ1n) is 5.95. The van der Waals surface area contributed by atoms with Crippen LogP contribution in [0.4, 0.5) is 13.2 Å². The van der Waals surface area contributed by atoms with Gasteiger partial charge in [0, 0.05) is 24.1 Å². The molecule has 0 amide bonds. The van der Waals surface area contributed by atoms with E-state index in [2.05, 4.69) is 0 Å². The summed E-state index contributed by atoms with van der Waals surface area (Å²) in [6.45, 7) is 2.95. The molecule has 0 unspecified atom stereocenters. The number of benzene rings is 1. The Hall–Kier alpha value is -1.98. The molecule has 2 aromatic rings. The number of halogens is 3. The van der Waals surface area contributed by atoms with E-state index in [-0.39, 0.29) is 0 Å². The fraction of sp³-hybridized carbons (Fsp3) is 0.357. The van der Waals surface area contributed by atoms with E-state index in [0.29, 0.717) is 16.5 Å². The van der Waals surface area contributed by atoms with Gasteiger partial charge >= 0.3 is 12.1 Å². The van der Waals surface area contributed by atoms with Crippen LogP contribution in [0.3, 0.4) is 0 Å². The molecular formula is C14H14F3NO2. The molecule has 1 heterocycles. The summed E-state index contributed by atoms with van der Waals surface area (Å²) in [5.74, 6) is -1.08. The van der Waals surface area contributed by atoms with Gasteiger partial charge in [0.1, 0.15) is 0 Å². The first-order valence-corrected chi connectivity index (χ1v) is 5.95. The maximum atomic E-state index is 12.8. The Bertz CT molecular complexity index is 684. The highest BCUT2D eigenvalue weighted by Gasteiger charge is 2.35. The molecule has 0 radical (unpaired) electrons. The van der Waals surface area contributed by atoms with E-state index in [4.69, 9.17) is 0 Å². The van der Waals surface area contributed by atoms with Crippen molar-refractivity contribution in [2.45, 2.75) is 25.4 Å². The molecule has 0 aliphatic heterocycles. The zero-order valence-corrected chi connectivity index (χ0v) is 11.2. The van der Waals surface area contributed by atoms with E-state index in [1.807, 2.05) is 0 Å². The van der Waals surface area contributed by atoms with E-state index in [1.165, 1.54) is 19.9 Å². The van der Waals surface area contributed by atoms with Crippen molar-refractivity contribution in [3.63, 3.8) is 0 Å². The molecule has 0 fully saturated rings. The van der Waals surface area contributed by atoms with Crippen molar-refractivity contribution in [1.82, 2.24) is 4.57 Å². The molecule has 3 nitrogen and oxygen atoms in total. The summed E-state index contributed by atoms with van der Waals surface area (Å²) < 4.78 is 40.0. The zero-order valence-electron chi connectivity index (χ0n) is 11.2. The van der Waals surface area contributed by atoms with Crippen molar-refractivity contribution in [2.75, 3.05) is 0 Å². The lowest BCUT2D eigenvalue weighted by atomic mass is 9.84. The summed E-state index contributed by atoms with van der Waals surface area (Å²) in [4.78, 5) is 11.3. The van der Waals surface area contributed by atoms with Crippen molar-refractivity contribution in [3.8, 4) is 0 Å². The molecule has 6 heteroatoms. The lowest BCUT2D eigenvalue weighted by Gasteiger charge is -2.18. The highest BCUT2D eigenvalue weighted by Crippen LogP contribution is 2.36. The Kier molecular flexibility index (Phi) is 3.07. The number of aryl methyl sites for hydroxylation is 1. The molecule has 0 atom stereocenters. The molecular weight excluding hydrogens is 271 g/mol. The van der Waals surface area contributed by atoms with Crippen molar-refractivity contribution >= 4 is 16.9 Å². The third kappa shape index (κ3) is 2.15. The number of carboxylic acid groups (broad SMARTS) is 1. The van der Waals surface area contributed by atoms with E-state index in [1.54, 1.807) is 17.8 Å². The van der Waals surface area contributed by atoms with Crippen molar-refractivity contribution in [3.05, 3.63) is 35.5 Å². The molecule has 1 N–H and O–H groups in total. The van der Waals surface area contributed by atoms with Gasteiger partial charge in [-0.3, -0.25) is 4.79 Å². The van der Waals surface area contributed by atoms with Gasteiger partial charge in [-0.25, -0.2) is 0 Å². The van der Waals surface area contributed by atoms with Crippen LogP contribution in [0, 0.1) is 0 Å². The molecule has 20 heavy (non-hydrogen) atoms. The Morgan fingerprint density at radius 3 is 2.35 bits per heavy atom. The highest BCUT2D eigenvalue weighted by molar-refractivity contribution is 5.92. The van der Waals surface area contributed by atoms with Gasteiger partial charge in [0.15, 0.2) is 0 Å². The second kappa shape index (κ2) is 4.26. The highest BCUT2D eigenvalue weighted by atomic mass is 19.4. The average molecular weight is 285 g/mol. The minimum Gasteiger partial charge on any atom is -0.481 e. The molecule has 108 valence electrons. The molecule has 0 saturated heterocycles. The summed E-state index contributed by atoms with van der Waals surface area (Å²) in [5, 5.41) is 9.58. The van der Waals surface area contributed by atoms with Gasteiger partial charge in [-0.15, -0.1) is 0 Å². The van der Waals surface area contributed by atoms with Crippen LogP contribution in [0.15, 0.2) is 24.4 Å². The number of nitrogens with zero attached hydrogens (tertiary/aromatic N) is 1. The van der Waals surface area contributed by atoms with Crippen LogP contribution in [-0.2, 0) is 23.4 Å². The average Bonchev–Trinajstić information content (AvgIpc) is 2.66. The van der Waals surface area contributed by atoms with Gasteiger partial charge in [0.25, 0.3) is 0 Å². The van der Waals surface area contributed by atoms with Gasteiger partial charge < -0.3 is 9.67 Å². The molecule has 1 aromatic carbocycles. The van der Waals surface area contributed by atoms with Crippen LogP contribution in [0.5, 0.6) is 0 Å². The quantitative estimate of drug-likeness (QED) is 0.916. The molecule has 1 aromatic heterocycles. The summed E-state index contributed by atoms with van der Waals surface area (Å²) in [5.41, 5.74) is -1.10. The van der Waals surface area contributed by atoms with Crippen molar-refractivity contribution in [2.24, 2.45) is 7.05 Å². The molecule has 0 aliphatic rings. The maximum Gasteiger partial charge on any atom is 0.416 e. The number of hydrogen-bond donors (Lipinski definition) is 1. The van der Waals surface area contributed by atoms with Gasteiger partial charge in [0.05, 0.1) is 11.0 Å². The molecule has 0 bridgehead atoms. The number of rotatable bonds is 2. The Morgan fingerprint density at radius 1 is 1.25 bits per heavy atom. The number of hydrogen-bond acceptors (Lipinski definition) is 1. The van der Waals surface area contributed by atoms with Gasteiger partial charge in [0.2, 0.25) is 0 Å². The van der Waals surface area contributed by atoms with Crippen LogP contribution < -0.4 is 0 Å². The lowest BCUT2D eigenvalue weighted by Crippen LogP contribution is -2.28. The van der Waals surface area contributed by atoms with Crippen LogP contribution in [0.2, 0.25) is 0 Å². The van der Waals surface area contributed by atoms with Crippen LogP contribution in [0.25, 0.3) is 10.9 Å². The number of carbonyl (C=O) groups is 1. The normalized spacial score (nSPS) is 12.9. The number of fused-ring (bicyclic) bond motifs is 1. The third-order valence-electron chi connectivity index (χ3n) is 3.52. The van der Waals surface area contributed by atoms with Crippen LogP contribution in [-0.4, -0.2) is 15.6 Å². The first-order chi connectivity index (χ1) is 9.05. The van der Waals surface area contributed by atoms with Crippen molar-refractivity contribution in [1.29, 1.82) is 0 Å². The second-order valence-electron chi connectivity index (χ2n) is 5.31. The summed E-state index contributed by atoms with van der Waals surface area (Å²) >= 11 is 0. The number of aliphatic carboxylic acids is 1.